The van der Waals surface area contributed by atoms with Crippen LogP contribution in [0.5, 0.6) is 10.9 Å². The number of rotatable bonds is 0. The Morgan fingerprint density at radius 2 is 2.38 bits per heavy atom. The summed E-state index contributed by atoms with van der Waals surface area (Å²) in [6, 6.07) is 1.56. The molecule has 0 spiro atoms. The molecule has 1 aliphatic rings. The Morgan fingerprint density at radius 3 is 3.25 bits per heavy atom. The molecule has 3 heterocycles. The zero-order valence-corrected chi connectivity index (χ0v) is 9.04. The number of aryl methyl sites for hydroxylation is 1. The number of hydrogen-bond acceptors (Lipinski definition) is 6. The summed E-state index contributed by atoms with van der Waals surface area (Å²) in [4.78, 5) is 15.9. The highest BCUT2D eigenvalue weighted by Gasteiger charge is 2.24. The monoisotopic (exact) mass is 234 g/mol. The smallest absolute Gasteiger partial charge is 0.262 e. The number of fused-ring (bicyclic) bond motifs is 2. The van der Waals surface area contributed by atoms with Gasteiger partial charge >= 0.3 is 0 Å². The fourth-order valence-electron chi connectivity index (χ4n) is 1.39. The number of ether oxygens (including phenoxy) is 1. The molecule has 0 fully saturated rings. The minimum absolute atomic E-state index is 0.211. The summed E-state index contributed by atoms with van der Waals surface area (Å²) >= 11 is 1.35. The minimum Gasteiger partial charge on any atom is -0.422 e. The topological polar surface area (TPSA) is 77.0 Å². The molecular weight excluding hydrogens is 228 g/mol. The Balaban J connectivity index is 2.17. The van der Waals surface area contributed by atoms with E-state index in [0.717, 1.165) is 5.01 Å². The van der Waals surface area contributed by atoms with Crippen molar-refractivity contribution in [1.29, 1.82) is 0 Å². The molecule has 0 unspecified atom stereocenters. The zero-order chi connectivity index (χ0) is 11.1. The molecule has 16 heavy (non-hydrogen) atoms. The lowest BCUT2D eigenvalue weighted by Gasteiger charge is -2.00. The fraction of sp³-hybridized carbons (Fsp3) is 0.111. The summed E-state index contributed by atoms with van der Waals surface area (Å²) in [5.41, 5.74) is 0.359. The van der Waals surface area contributed by atoms with E-state index in [4.69, 9.17) is 4.74 Å². The first-order valence-corrected chi connectivity index (χ1v) is 5.34. The van der Waals surface area contributed by atoms with Gasteiger partial charge in [-0.2, -0.15) is 5.10 Å². The molecule has 3 rings (SSSR count). The summed E-state index contributed by atoms with van der Waals surface area (Å²) in [7, 11) is 0. The molecule has 0 bridgehead atoms. The van der Waals surface area contributed by atoms with Gasteiger partial charge < -0.3 is 10.1 Å². The second-order valence-corrected chi connectivity index (χ2v) is 4.34. The van der Waals surface area contributed by atoms with Gasteiger partial charge in [-0.15, -0.1) is 5.10 Å². The summed E-state index contributed by atoms with van der Waals surface area (Å²) < 4.78 is 5.49. The predicted octanol–water partition coefficient (Wildman–Crippen LogP) is 1.60. The van der Waals surface area contributed by atoms with Gasteiger partial charge in [-0.05, 0) is 13.0 Å². The van der Waals surface area contributed by atoms with Crippen LogP contribution in [0.15, 0.2) is 12.3 Å². The quantitative estimate of drug-likeness (QED) is 0.749. The van der Waals surface area contributed by atoms with Gasteiger partial charge in [0.1, 0.15) is 5.56 Å². The lowest BCUT2D eigenvalue weighted by molar-refractivity contribution is 0.102. The molecule has 0 radical (unpaired) electrons. The third-order valence-corrected chi connectivity index (χ3v) is 2.90. The molecular formula is C9H6N4O2S. The summed E-state index contributed by atoms with van der Waals surface area (Å²) in [6.45, 7) is 1.84. The molecule has 0 saturated heterocycles. The predicted molar refractivity (Wildman–Crippen MR) is 56.9 cm³/mol. The summed E-state index contributed by atoms with van der Waals surface area (Å²) in [6.07, 6.45) is 1.44. The molecule has 2 aromatic heterocycles. The van der Waals surface area contributed by atoms with E-state index in [0.29, 0.717) is 16.4 Å². The zero-order valence-electron chi connectivity index (χ0n) is 8.22. The van der Waals surface area contributed by atoms with E-state index in [-0.39, 0.29) is 11.8 Å². The maximum Gasteiger partial charge on any atom is 0.262 e. The fourth-order valence-corrected chi connectivity index (χ4v) is 2.11. The molecule has 7 heteroatoms. The second kappa shape index (κ2) is 3.24. The summed E-state index contributed by atoms with van der Waals surface area (Å²) in [5, 5.41) is 11.5. The lowest BCUT2D eigenvalue weighted by atomic mass is 10.3. The third kappa shape index (κ3) is 1.33. The SMILES string of the molecule is Cc1nc2c(s1)Oc1nnccc1C(=O)N2. The van der Waals surface area contributed by atoms with Crippen molar-refractivity contribution in [3.63, 3.8) is 0 Å². The van der Waals surface area contributed by atoms with Crippen molar-refractivity contribution in [2.24, 2.45) is 0 Å². The number of amides is 1. The van der Waals surface area contributed by atoms with Crippen LogP contribution in [-0.4, -0.2) is 21.1 Å². The molecule has 0 saturated carbocycles. The second-order valence-electron chi connectivity index (χ2n) is 3.18. The number of carbonyl (C=O) groups is 1. The van der Waals surface area contributed by atoms with Crippen LogP contribution in [0, 0.1) is 6.92 Å². The Labute approximate surface area is 94.3 Å². The molecule has 1 N–H and O–H groups in total. The molecule has 2 aromatic rings. The maximum absolute atomic E-state index is 11.8. The molecule has 80 valence electrons. The van der Waals surface area contributed by atoms with Crippen LogP contribution in [0.2, 0.25) is 0 Å². The van der Waals surface area contributed by atoms with E-state index in [2.05, 4.69) is 20.5 Å². The summed E-state index contributed by atoms with van der Waals surface area (Å²) in [5.74, 6) is 0.363. The molecule has 0 atom stereocenters. The van der Waals surface area contributed by atoms with Crippen molar-refractivity contribution in [2.75, 3.05) is 5.32 Å². The first kappa shape index (κ1) is 9.22. The van der Waals surface area contributed by atoms with E-state index in [9.17, 15) is 4.79 Å². The highest BCUT2D eigenvalue weighted by Crippen LogP contribution is 2.38. The molecule has 0 aliphatic carbocycles. The van der Waals surface area contributed by atoms with Crippen LogP contribution < -0.4 is 10.1 Å². The number of thiazole rings is 1. The van der Waals surface area contributed by atoms with Gasteiger partial charge in [0.05, 0.1) is 11.2 Å². The Kier molecular flexibility index (Phi) is 1.87. The van der Waals surface area contributed by atoms with Gasteiger partial charge in [0, 0.05) is 0 Å². The highest BCUT2D eigenvalue weighted by molar-refractivity contribution is 7.14. The number of nitrogens with one attached hydrogen (secondary N) is 1. The Bertz CT molecular complexity index is 581. The normalized spacial score (nSPS) is 13.2. The lowest BCUT2D eigenvalue weighted by Crippen LogP contribution is -2.11. The van der Waals surface area contributed by atoms with E-state index in [1.54, 1.807) is 6.07 Å². The number of aromatic nitrogens is 3. The van der Waals surface area contributed by atoms with Crippen molar-refractivity contribution >= 4 is 23.1 Å². The average molecular weight is 234 g/mol. The molecule has 1 amide bonds. The largest absolute Gasteiger partial charge is 0.422 e. The van der Waals surface area contributed by atoms with Gasteiger partial charge in [0.25, 0.3) is 11.8 Å². The standard InChI is InChI=1S/C9H6N4O2S/c1-4-11-6-9(16-4)15-8-5(7(14)12-6)2-3-10-13-8/h2-3H,1H3,(H,12,14). The van der Waals surface area contributed by atoms with Gasteiger partial charge in [-0.25, -0.2) is 4.98 Å². The number of anilines is 1. The van der Waals surface area contributed by atoms with Gasteiger partial charge in [0.2, 0.25) is 5.06 Å². The van der Waals surface area contributed by atoms with Gasteiger partial charge in [0.15, 0.2) is 5.82 Å². The highest BCUT2D eigenvalue weighted by atomic mass is 32.1. The number of hydrogen-bond donors (Lipinski definition) is 1. The molecule has 1 aliphatic heterocycles. The van der Waals surface area contributed by atoms with Crippen LogP contribution in [0.25, 0.3) is 0 Å². The van der Waals surface area contributed by atoms with Crippen molar-refractivity contribution in [3.8, 4) is 10.9 Å². The molecule has 6 nitrogen and oxygen atoms in total. The Hall–Kier alpha value is -2.02. The van der Waals surface area contributed by atoms with Crippen molar-refractivity contribution in [2.45, 2.75) is 6.92 Å². The van der Waals surface area contributed by atoms with E-state index >= 15 is 0 Å². The first-order chi connectivity index (χ1) is 7.74. The van der Waals surface area contributed by atoms with Crippen LogP contribution >= 0.6 is 11.3 Å². The average Bonchev–Trinajstić information content (AvgIpc) is 2.53. The van der Waals surface area contributed by atoms with E-state index < -0.39 is 0 Å². The van der Waals surface area contributed by atoms with E-state index in [1.807, 2.05) is 6.92 Å². The van der Waals surface area contributed by atoms with Crippen LogP contribution in [0.4, 0.5) is 5.82 Å². The van der Waals surface area contributed by atoms with Crippen molar-refractivity contribution < 1.29 is 9.53 Å². The van der Waals surface area contributed by atoms with Crippen LogP contribution in [0.3, 0.4) is 0 Å². The minimum atomic E-state index is -0.283. The van der Waals surface area contributed by atoms with Crippen molar-refractivity contribution in [3.05, 3.63) is 22.8 Å². The third-order valence-electron chi connectivity index (χ3n) is 2.06. The Morgan fingerprint density at radius 1 is 1.50 bits per heavy atom. The number of carbonyl (C=O) groups excluding carboxylic acids is 1. The van der Waals surface area contributed by atoms with Crippen LogP contribution in [0.1, 0.15) is 15.4 Å². The number of nitrogens with zero attached hydrogens (tertiary/aromatic N) is 3. The maximum atomic E-state index is 11.8. The van der Waals surface area contributed by atoms with Gasteiger partial charge in [-0.1, -0.05) is 11.3 Å². The molecule has 0 aromatic carbocycles. The first-order valence-electron chi connectivity index (χ1n) is 4.52. The van der Waals surface area contributed by atoms with Crippen LogP contribution in [-0.2, 0) is 0 Å². The van der Waals surface area contributed by atoms with Gasteiger partial charge in [-0.3, -0.25) is 4.79 Å². The van der Waals surface area contributed by atoms with E-state index in [1.165, 1.54) is 17.5 Å². The van der Waals surface area contributed by atoms with Crippen molar-refractivity contribution in [1.82, 2.24) is 15.2 Å².